The van der Waals surface area contributed by atoms with Crippen LogP contribution in [0.1, 0.15) is 0 Å². The van der Waals surface area contributed by atoms with E-state index in [1.165, 1.54) is 20.2 Å². The summed E-state index contributed by atoms with van der Waals surface area (Å²) in [6.07, 6.45) is 3.77. The fourth-order valence-corrected chi connectivity index (χ4v) is 3.02. The van der Waals surface area contributed by atoms with Gasteiger partial charge in [0, 0.05) is 32.3 Å². The topological polar surface area (TPSA) is 12.9 Å². The Morgan fingerprint density at radius 1 is 1.07 bits per heavy atom. The lowest BCUT2D eigenvalue weighted by Crippen LogP contribution is -1.68. The van der Waals surface area contributed by atoms with Crippen LogP contribution in [0.15, 0.2) is 41.1 Å². The summed E-state index contributed by atoms with van der Waals surface area (Å²) in [4.78, 5) is 4.13. The third kappa shape index (κ3) is 1.16. The van der Waals surface area contributed by atoms with Crippen LogP contribution < -0.4 is 0 Å². The number of pyridine rings is 1. The average Bonchev–Trinajstić information content (AvgIpc) is 2.56. The van der Waals surface area contributed by atoms with Gasteiger partial charge < -0.3 is 0 Å². The van der Waals surface area contributed by atoms with Crippen molar-refractivity contribution in [3.8, 4) is 0 Å². The van der Waals surface area contributed by atoms with Gasteiger partial charge in [-0.2, -0.15) is 0 Å². The molecule has 1 aromatic carbocycles. The molecule has 1 nitrogen and oxygen atoms in total. The molecular weight excluding hydrogens is 258 g/mol. The van der Waals surface area contributed by atoms with Crippen LogP contribution >= 0.6 is 27.3 Å². The van der Waals surface area contributed by atoms with E-state index < -0.39 is 0 Å². The van der Waals surface area contributed by atoms with E-state index >= 15 is 0 Å². The van der Waals surface area contributed by atoms with Crippen molar-refractivity contribution in [3.63, 3.8) is 0 Å². The molecule has 3 rings (SSSR count). The van der Waals surface area contributed by atoms with Gasteiger partial charge in [-0.1, -0.05) is 15.9 Å². The first-order valence-corrected chi connectivity index (χ1v) is 5.87. The molecular formula is C11H6BrNS. The monoisotopic (exact) mass is 263 g/mol. The Kier molecular flexibility index (Phi) is 1.82. The number of hydrogen-bond donors (Lipinski definition) is 0. The first-order chi connectivity index (χ1) is 6.84. The Bertz CT molecular complexity index is 615. The summed E-state index contributed by atoms with van der Waals surface area (Å²) in [7, 11) is 0. The van der Waals surface area contributed by atoms with Gasteiger partial charge in [-0.25, -0.2) is 0 Å². The first kappa shape index (κ1) is 8.38. The lowest BCUT2D eigenvalue weighted by Gasteiger charge is -1.91. The second-order valence-corrected chi connectivity index (χ2v) is 5.11. The van der Waals surface area contributed by atoms with E-state index in [1.807, 2.05) is 12.4 Å². The Hall–Kier alpha value is -0.930. The predicted molar refractivity (Wildman–Crippen MR) is 64.8 cm³/mol. The average molecular weight is 264 g/mol. The third-order valence-electron chi connectivity index (χ3n) is 2.24. The highest BCUT2D eigenvalue weighted by Crippen LogP contribution is 2.34. The molecule has 0 spiro atoms. The number of halogens is 1. The van der Waals surface area contributed by atoms with Crippen molar-refractivity contribution in [2.24, 2.45) is 0 Å². The van der Waals surface area contributed by atoms with Crippen molar-refractivity contribution in [1.82, 2.24) is 4.98 Å². The number of fused-ring (bicyclic) bond motifs is 3. The van der Waals surface area contributed by atoms with Crippen molar-refractivity contribution in [3.05, 3.63) is 41.1 Å². The maximum Gasteiger partial charge on any atom is 0.0538 e. The maximum atomic E-state index is 4.13. The van der Waals surface area contributed by atoms with E-state index in [-0.39, 0.29) is 0 Å². The highest BCUT2D eigenvalue weighted by molar-refractivity contribution is 9.10. The summed E-state index contributed by atoms with van der Waals surface area (Å²) < 4.78 is 3.69. The summed E-state index contributed by atoms with van der Waals surface area (Å²) in [5.74, 6) is 0. The number of rotatable bonds is 0. The molecule has 2 aromatic heterocycles. The molecule has 3 aromatic rings. The van der Waals surface area contributed by atoms with E-state index in [4.69, 9.17) is 0 Å². The van der Waals surface area contributed by atoms with Crippen LogP contribution in [0.4, 0.5) is 0 Å². The zero-order valence-electron chi connectivity index (χ0n) is 7.20. The van der Waals surface area contributed by atoms with Gasteiger partial charge in [-0.3, -0.25) is 4.98 Å². The summed E-state index contributed by atoms with van der Waals surface area (Å²) in [6, 6.07) is 8.45. The molecule has 3 heteroatoms. The van der Waals surface area contributed by atoms with Gasteiger partial charge in [0.25, 0.3) is 0 Å². The molecule has 0 N–H and O–H groups in total. The fraction of sp³-hybridized carbons (Fsp3) is 0. The molecule has 0 radical (unpaired) electrons. The van der Waals surface area contributed by atoms with Crippen molar-refractivity contribution < 1.29 is 0 Å². The number of thiophene rings is 1. The van der Waals surface area contributed by atoms with Crippen LogP contribution in [0.5, 0.6) is 0 Å². The van der Waals surface area contributed by atoms with Crippen LogP contribution in [0, 0.1) is 0 Å². The molecule has 0 unspecified atom stereocenters. The number of benzene rings is 1. The number of aromatic nitrogens is 1. The zero-order chi connectivity index (χ0) is 9.54. The fourth-order valence-electron chi connectivity index (χ4n) is 1.60. The Balaban J connectivity index is 2.58. The summed E-state index contributed by atoms with van der Waals surface area (Å²) in [5.41, 5.74) is 0. The van der Waals surface area contributed by atoms with Crippen molar-refractivity contribution in [1.29, 1.82) is 0 Å². The van der Waals surface area contributed by atoms with Gasteiger partial charge in [0.2, 0.25) is 0 Å². The Morgan fingerprint density at radius 3 is 2.93 bits per heavy atom. The lowest BCUT2D eigenvalue weighted by molar-refractivity contribution is 1.37. The van der Waals surface area contributed by atoms with Crippen LogP contribution in [-0.4, -0.2) is 4.98 Å². The van der Waals surface area contributed by atoms with Crippen molar-refractivity contribution >= 4 is 47.4 Å². The quantitative estimate of drug-likeness (QED) is 0.592. The minimum absolute atomic E-state index is 1.13. The second kappa shape index (κ2) is 3.04. The smallest absolute Gasteiger partial charge is 0.0538 e. The number of hydrogen-bond acceptors (Lipinski definition) is 2. The van der Waals surface area contributed by atoms with Crippen LogP contribution in [-0.2, 0) is 0 Å². The molecule has 0 bridgehead atoms. The Morgan fingerprint density at radius 2 is 2.00 bits per heavy atom. The lowest BCUT2D eigenvalue weighted by atomic mass is 10.2. The largest absolute Gasteiger partial charge is 0.263 e. The van der Waals surface area contributed by atoms with E-state index in [1.54, 1.807) is 11.3 Å². The van der Waals surface area contributed by atoms with Crippen LogP contribution in [0.2, 0.25) is 0 Å². The molecule has 0 atom stereocenters. The van der Waals surface area contributed by atoms with E-state index in [0.717, 1.165) is 4.47 Å². The van der Waals surface area contributed by atoms with Gasteiger partial charge in [0.05, 0.1) is 4.70 Å². The second-order valence-electron chi connectivity index (χ2n) is 3.11. The third-order valence-corrected chi connectivity index (χ3v) is 3.85. The van der Waals surface area contributed by atoms with Crippen molar-refractivity contribution in [2.45, 2.75) is 0 Å². The van der Waals surface area contributed by atoms with Gasteiger partial charge in [-0.05, 0) is 24.3 Å². The molecule has 68 valence electrons. The highest BCUT2D eigenvalue weighted by atomic mass is 79.9. The molecule has 0 aliphatic rings. The first-order valence-electron chi connectivity index (χ1n) is 4.26. The molecule has 0 saturated heterocycles. The van der Waals surface area contributed by atoms with Crippen molar-refractivity contribution in [2.75, 3.05) is 0 Å². The maximum absolute atomic E-state index is 4.13. The molecule has 0 aliphatic carbocycles. The molecule has 0 saturated carbocycles. The number of nitrogens with zero attached hydrogens (tertiary/aromatic N) is 1. The summed E-state index contributed by atoms with van der Waals surface area (Å²) >= 11 is 5.28. The molecule has 0 aliphatic heterocycles. The normalized spacial score (nSPS) is 11.2. The summed E-state index contributed by atoms with van der Waals surface area (Å²) in [5, 5.41) is 2.60. The van der Waals surface area contributed by atoms with E-state index in [9.17, 15) is 0 Å². The highest BCUT2D eigenvalue weighted by Gasteiger charge is 2.03. The van der Waals surface area contributed by atoms with Gasteiger partial charge in [0.1, 0.15) is 0 Å². The molecule has 0 fully saturated rings. The minimum atomic E-state index is 1.13. The molecule has 14 heavy (non-hydrogen) atoms. The van der Waals surface area contributed by atoms with E-state index in [0.29, 0.717) is 0 Å². The SMILES string of the molecule is Brc1ccc2sc3cnccc3c2c1. The molecule has 0 amide bonds. The zero-order valence-corrected chi connectivity index (χ0v) is 9.60. The predicted octanol–water partition coefficient (Wildman–Crippen LogP) is 4.21. The summed E-state index contributed by atoms with van der Waals surface area (Å²) in [6.45, 7) is 0. The van der Waals surface area contributed by atoms with Gasteiger partial charge in [0.15, 0.2) is 0 Å². The van der Waals surface area contributed by atoms with Gasteiger partial charge >= 0.3 is 0 Å². The van der Waals surface area contributed by atoms with Crippen LogP contribution in [0.25, 0.3) is 20.2 Å². The molecule has 2 heterocycles. The minimum Gasteiger partial charge on any atom is -0.263 e. The Labute approximate surface area is 93.5 Å². The van der Waals surface area contributed by atoms with Gasteiger partial charge in [-0.15, -0.1) is 11.3 Å². The van der Waals surface area contributed by atoms with E-state index in [2.05, 4.69) is 45.2 Å². The standard InChI is InChI=1S/C11H6BrNS/c12-7-1-2-10-9(5-7)8-3-4-13-6-11(8)14-10/h1-6H. The van der Waals surface area contributed by atoms with Crippen LogP contribution in [0.3, 0.4) is 0 Å².